The van der Waals surface area contributed by atoms with Crippen LogP contribution in [0.5, 0.6) is 0 Å². The number of nitrogens with zero attached hydrogens (tertiary/aromatic N) is 1. The lowest BCUT2D eigenvalue weighted by Crippen LogP contribution is -2.22. The van der Waals surface area contributed by atoms with Gasteiger partial charge in [-0.2, -0.15) is 0 Å². The van der Waals surface area contributed by atoms with Crippen LogP contribution in [-0.2, 0) is 0 Å². The molecule has 3 nitrogen and oxygen atoms in total. The molecule has 0 saturated carbocycles. The van der Waals surface area contributed by atoms with Crippen LogP contribution in [0.2, 0.25) is 5.02 Å². The SMILES string of the molecule is CC=C(C)NC(=O)c1cc2ccccc2c(-c2ccccc2Cl)n1. The number of carbonyl (C=O) groups excluding carboxylic acids is 1. The Morgan fingerprint density at radius 2 is 1.83 bits per heavy atom. The van der Waals surface area contributed by atoms with Gasteiger partial charge in [-0.3, -0.25) is 4.79 Å². The first-order valence-electron chi connectivity index (χ1n) is 7.69. The van der Waals surface area contributed by atoms with Gasteiger partial charge in [0.05, 0.1) is 5.69 Å². The Bertz CT molecular complexity index is 947. The highest BCUT2D eigenvalue weighted by Crippen LogP contribution is 2.32. The molecular weight excluding hydrogens is 320 g/mol. The van der Waals surface area contributed by atoms with E-state index in [1.165, 1.54) is 0 Å². The van der Waals surface area contributed by atoms with E-state index in [1.54, 1.807) is 6.07 Å². The second-order valence-electron chi connectivity index (χ2n) is 5.48. The third-order valence-electron chi connectivity index (χ3n) is 3.85. The van der Waals surface area contributed by atoms with Gasteiger partial charge in [-0.15, -0.1) is 0 Å². The fraction of sp³-hybridized carbons (Fsp3) is 0.100. The standard InChI is InChI=1S/C20H17ClN2O/c1-3-13(2)22-20(24)18-12-14-8-4-5-9-15(14)19(23-18)16-10-6-7-11-17(16)21/h3-12H,1-2H3,(H,22,24). The molecule has 3 aromatic rings. The van der Waals surface area contributed by atoms with Crippen LogP contribution in [0, 0.1) is 0 Å². The summed E-state index contributed by atoms with van der Waals surface area (Å²) < 4.78 is 0. The molecule has 1 aromatic heterocycles. The molecule has 3 rings (SSSR count). The zero-order chi connectivity index (χ0) is 17.1. The minimum Gasteiger partial charge on any atom is -0.325 e. The van der Waals surface area contributed by atoms with Crippen molar-refractivity contribution in [3.8, 4) is 11.3 Å². The second kappa shape index (κ2) is 6.85. The maximum atomic E-state index is 12.5. The first kappa shape index (κ1) is 16.2. The number of allylic oxidation sites excluding steroid dienone is 2. The summed E-state index contributed by atoms with van der Waals surface area (Å²) >= 11 is 6.35. The molecule has 0 aliphatic rings. The van der Waals surface area contributed by atoms with Crippen LogP contribution in [0.1, 0.15) is 24.3 Å². The molecular formula is C20H17ClN2O. The molecule has 2 aromatic carbocycles. The van der Waals surface area contributed by atoms with E-state index in [0.29, 0.717) is 16.4 Å². The van der Waals surface area contributed by atoms with E-state index in [9.17, 15) is 4.79 Å². The van der Waals surface area contributed by atoms with Crippen molar-refractivity contribution in [1.82, 2.24) is 10.3 Å². The molecule has 1 N–H and O–H groups in total. The molecule has 0 saturated heterocycles. The summed E-state index contributed by atoms with van der Waals surface area (Å²) in [6.07, 6.45) is 1.84. The molecule has 24 heavy (non-hydrogen) atoms. The van der Waals surface area contributed by atoms with Crippen LogP contribution < -0.4 is 5.32 Å². The van der Waals surface area contributed by atoms with Crippen LogP contribution in [-0.4, -0.2) is 10.9 Å². The molecule has 0 bridgehead atoms. The van der Waals surface area contributed by atoms with Crippen LogP contribution in [0.3, 0.4) is 0 Å². The first-order chi connectivity index (χ1) is 11.6. The number of pyridine rings is 1. The van der Waals surface area contributed by atoms with Gasteiger partial charge in [-0.05, 0) is 31.4 Å². The average molecular weight is 337 g/mol. The normalized spacial score (nSPS) is 11.5. The second-order valence-corrected chi connectivity index (χ2v) is 5.89. The lowest BCUT2D eigenvalue weighted by molar-refractivity contribution is 0.0961. The van der Waals surface area contributed by atoms with Gasteiger partial charge in [-0.1, -0.05) is 60.1 Å². The fourth-order valence-corrected chi connectivity index (χ4v) is 2.71. The zero-order valence-electron chi connectivity index (χ0n) is 13.5. The molecule has 1 amide bonds. The van der Waals surface area contributed by atoms with Crippen molar-refractivity contribution in [2.75, 3.05) is 0 Å². The molecule has 0 atom stereocenters. The van der Waals surface area contributed by atoms with Crippen molar-refractivity contribution >= 4 is 28.3 Å². The molecule has 0 aliphatic heterocycles. The number of carbonyl (C=O) groups is 1. The Labute approximate surface area is 146 Å². The lowest BCUT2D eigenvalue weighted by Gasteiger charge is -2.11. The number of fused-ring (bicyclic) bond motifs is 1. The van der Waals surface area contributed by atoms with E-state index in [1.807, 2.05) is 68.5 Å². The van der Waals surface area contributed by atoms with Gasteiger partial charge >= 0.3 is 0 Å². The third-order valence-corrected chi connectivity index (χ3v) is 4.18. The van der Waals surface area contributed by atoms with E-state index in [4.69, 9.17) is 11.6 Å². The van der Waals surface area contributed by atoms with Gasteiger partial charge in [0.25, 0.3) is 5.91 Å². The third kappa shape index (κ3) is 3.17. The van der Waals surface area contributed by atoms with Gasteiger partial charge in [0.2, 0.25) is 0 Å². The highest BCUT2D eigenvalue weighted by Gasteiger charge is 2.15. The van der Waals surface area contributed by atoms with Gasteiger partial charge in [0, 0.05) is 21.7 Å². The summed E-state index contributed by atoms with van der Waals surface area (Å²) in [5, 5.41) is 5.35. The maximum absolute atomic E-state index is 12.5. The average Bonchev–Trinajstić information content (AvgIpc) is 2.61. The van der Waals surface area contributed by atoms with Gasteiger partial charge < -0.3 is 5.32 Å². The lowest BCUT2D eigenvalue weighted by atomic mass is 10.0. The van der Waals surface area contributed by atoms with Crippen molar-refractivity contribution < 1.29 is 4.79 Å². The van der Waals surface area contributed by atoms with Crippen molar-refractivity contribution in [3.63, 3.8) is 0 Å². The highest BCUT2D eigenvalue weighted by molar-refractivity contribution is 6.33. The predicted octanol–water partition coefficient (Wildman–Crippen LogP) is 5.21. The Kier molecular flexibility index (Phi) is 4.63. The molecule has 120 valence electrons. The molecule has 0 unspecified atom stereocenters. The van der Waals surface area contributed by atoms with E-state index >= 15 is 0 Å². The minimum atomic E-state index is -0.232. The van der Waals surface area contributed by atoms with Gasteiger partial charge in [-0.25, -0.2) is 4.98 Å². The van der Waals surface area contributed by atoms with E-state index in [-0.39, 0.29) is 5.91 Å². The number of hydrogen-bond acceptors (Lipinski definition) is 2. The van der Waals surface area contributed by atoms with E-state index in [2.05, 4.69) is 10.3 Å². The zero-order valence-corrected chi connectivity index (χ0v) is 14.3. The minimum absolute atomic E-state index is 0.232. The number of benzene rings is 2. The Morgan fingerprint density at radius 3 is 2.58 bits per heavy atom. The molecule has 0 radical (unpaired) electrons. The summed E-state index contributed by atoms with van der Waals surface area (Å²) in [4.78, 5) is 17.1. The van der Waals surface area contributed by atoms with E-state index < -0.39 is 0 Å². The van der Waals surface area contributed by atoms with Crippen LogP contribution in [0.25, 0.3) is 22.0 Å². The summed E-state index contributed by atoms with van der Waals surface area (Å²) in [7, 11) is 0. The number of aromatic nitrogens is 1. The van der Waals surface area contributed by atoms with Crippen molar-refractivity contribution in [2.24, 2.45) is 0 Å². The molecule has 4 heteroatoms. The molecule has 0 aliphatic carbocycles. The van der Waals surface area contributed by atoms with Crippen LogP contribution in [0.4, 0.5) is 0 Å². The van der Waals surface area contributed by atoms with E-state index in [0.717, 1.165) is 22.0 Å². The van der Waals surface area contributed by atoms with Crippen LogP contribution >= 0.6 is 11.6 Å². The topological polar surface area (TPSA) is 42.0 Å². The Balaban J connectivity index is 2.21. The first-order valence-corrected chi connectivity index (χ1v) is 8.07. The van der Waals surface area contributed by atoms with Crippen LogP contribution in [0.15, 0.2) is 66.4 Å². The van der Waals surface area contributed by atoms with Crippen molar-refractivity contribution in [2.45, 2.75) is 13.8 Å². The Hall–Kier alpha value is -2.65. The molecule has 0 spiro atoms. The number of hydrogen-bond donors (Lipinski definition) is 1. The number of rotatable bonds is 3. The fourth-order valence-electron chi connectivity index (χ4n) is 2.49. The smallest absolute Gasteiger partial charge is 0.274 e. The quantitative estimate of drug-likeness (QED) is 0.713. The summed E-state index contributed by atoms with van der Waals surface area (Å²) in [6.45, 7) is 3.71. The monoisotopic (exact) mass is 336 g/mol. The van der Waals surface area contributed by atoms with Gasteiger partial charge in [0.1, 0.15) is 5.69 Å². The molecule has 0 fully saturated rings. The number of amides is 1. The number of halogens is 1. The highest BCUT2D eigenvalue weighted by atomic mass is 35.5. The molecule has 1 heterocycles. The Morgan fingerprint density at radius 1 is 1.12 bits per heavy atom. The van der Waals surface area contributed by atoms with Crippen molar-refractivity contribution in [1.29, 1.82) is 0 Å². The summed E-state index contributed by atoms with van der Waals surface area (Å²) in [5.41, 5.74) is 2.67. The predicted molar refractivity (Wildman–Crippen MR) is 99.1 cm³/mol. The largest absolute Gasteiger partial charge is 0.325 e. The number of nitrogens with one attached hydrogen (secondary N) is 1. The summed E-state index contributed by atoms with van der Waals surface area (Å²) in [6, 6.07) is 17.2. The maximum Gasteiger partial charge on any atom is 0.274 e. The van der Waals surface area contributed by atoms with Gasteiger partial charge in [0.15, 0.2) is 0 Å². The summed E-state index contributed by atoms with van der Waals surface area (Å²) in [5.74, 6) is -0.232. The van der Waals surface area contributed by atoms with Crippen molar-refractivity contribution in [3.05, 3.63) is 77.1 Å².